The lowest BCUT2D eigenvalue weighted by atomic mass is 9.88. The lowest BCUT2D eigenvalue weighted by Gasteiger charge is -2.41. The van der Waals surface area contributed by atoms with Crippen LogP contribution in [0.15, 0.2) is 41.4 Å². The molecule has 0 saturated carbocycles. The summed E-state index contributed by atoms with van der Waals surface area (Å²) in [4.78, 5) is 16.8. The molecule has 0 radical (unpaired) electrons. The molecular formula is C22H22F3N5O5S2. The van der Waals surface area contributed by atoms with Gasteiger partial charge in [0.15, 0.2) is 0 Å². The molecule has 1 aliphatic rings. The fourth-order valence-electron chi connectivity index (χ4n) is 3.61. The maximum atomic E-state index is 13.1. The van der Waals surface area contributed by atoms with Gasteiger partial charge in [-0.1, -0.05) is 30.4 Å². The van der Waals surface area contributed by atoms with Crippen molar-refractivity contribution in [3.8, 4) is 5.88 Å². The normalized spacial score (nSPS) is 19.1. The SMILES string of the molecule is CCc1ccc(S(=O)(=O)N[C@@H]2c3cc(C(=O)Nc4nnc(C(F)(F)F)s4)cnc3OC(C)(C)[C@H]2O)cc1. The first-order chi connectivity index (χ1) is 17.2. The summed E-state index contributed by atoms with van der Waals surface area (Å²) < 4.78 is 72.8. The number of amides is 1. The molecule has 37 heavy (non-hydrogen) atoms. The summed E-state index contributed by atoms with van der Waals surface area (Å²) >= 11 is 0.144. The third-order valence-electron chi connectivity index (χ3n) is 5.68. The summed E-state index contributed by atoms with van der Waals surface area (Å²) in [6.07, 6.45) is -4.26. The van der Waals surface area contributed by atoms with Crippen molar-refractivity contribution in [1.29, 1.82) is 0 Å². The molecule has 0 unspecified atom stereocenters. The van der Waals surface area contributed by atoms with Gasteiger partial charge in [-0.15, -0.1) is 10.2 Å². The van der Waals surface area contributed by atoms with Crippen LogP contribution in [0.2, 0.25) is 0 Å². The van der Waals surface area contributed by atoms with E-state index in [4.69, 9.17) is 4.74 Å². The van der Waals surface area contributed by atoms with E-state index in [9.17, 15) is 31.5 Å². The van der Waals surface area contributed by atoms with Gasteiger partial charge in [-0.2, -0.15) is 13.2 Å². The average Bonchev–Trinajstić information content (AvgIpc) is 3.31. The molecule has 3 N–H and O–H groups in total. The van der Waals surface area contributed by atoms with Crippen LogP contribution in [0.1, 0.15) is 53.3 Å². The smallest absolute Gasteiger partial charge is 0.445 e. The Morgan fingerprint density at radius 3 is 2.49 bits per heavy atom. The monoisotopic (exact) mass is 557 g/mol. The van der Waals surface area contributed by atoms with Gasteiger partial charge in [-0.25, -0.2) is 18.1 Å². The predicted octanol–water partition coefficient (Wildman–Crippen LogP) is 3.32. The Labute approximate surface area is 214 Å². The quantitative estimate of drug-likeness (QED) is 0.419. The lowest BCUT2D eigenvalue weighted by molar-refractivity contribution is -0.138. The molecule has 4 rings (SSSR count). The number of rotatable bonds is 6. The number of nitrogens with zero attached hydrogens (tertiary/aromatic N) is 3. The second-order valence-electron chi connectivity index (χ2n) is 8.73. The Hall–Kier alpha value is -3.14. The van der Waals surface area contributed by atoms with Crippen molar-refractivity contribution in [2.75, 3.05) is 5.32 Å². The summed E-state index contributed by atoms with van der Waals surface area (Å²) in [7, 11) is -4.12. The molecule has 1 amide bonds. The molecule has 1 aromatic carbocycles. The number of benzene rings is 1. The number of alkyl halides is 3. The van der Waals surface area contributed by atoms with Crippen LogP contribution in [0.3, 0.4) is 0 Å². The minimum atomic E-state index is -4.71. The largest absolute Gasteiger partial charge is 0.469 e. The van der Waals surface area contributed by atoms with Crippen LogP contribution in [-0.2, 0) is 22.6 Å². The molecule has 0 bridgehead atoms. The molecule has 3 heterocycles. The zero-order valence-electron chi connectivity index (χ0n) is 19.7. The minimum absolute atomic E-state index is 0.0175. The Morgan fingerprint density at radius 2 is 1.89 bits per heavy atom. The molecule has 2 aromatic heterocycles. The van der Waals surface area contributed by atoms with Crippen molar-refractivity contribution in [2.45, 2.75) is 56.0 Å². The number of hydrogen-bond acceptors (Lipinski definition) is 9. The Kier molecular flexibility index (Phi) is 7.00. The van der Waals surface area contributed by atoms with Crippen LogP contribution in [0.4, 0.5) is 18.3 Å². The summed E-state index contributed by atoms with van der Waals surface area (Å²) in [6.45, 7) is 5.03. The predicted molar refractivity (Wildman–Crippen MR) is 127 cm³/mol. The average molecular weight is 558 g/mol. The number of hydrogen-bond donors (Lipinski definition) is 3. The van der Waals surface area contributed by atoms with E-state index in [-0.39, 0.29) is 38.4 Å². The van der Waals surface area contributed by atoms with E-state index in [1.807, 2.05) is 6.92 Å². The summed E-state index contributed by atoms with van der Waals surface area (Å²) in [6, 6.07) is 6.22. The van der Waals surface area contributed by atoms with E-state index in [0.29, 0.717) is 0 Å². The fraction of sp³-hybridized carbons (Fsp3) is 0.364. The highest BCUT2D eigenvalue weighted by Gasteiger charge is 2.45. The molecule has 0 fully saturated rings. The van der Waals surface area contributed by atoms with Crippen molar-refractivity contribution in [3.05, 3.63) is 58.2 Å². The van der Waals surface area contributed by atoms with E-state index < -0.39 is 44.9 Å². The number of pyridine rings is 1. The molecule has 0 saturated heterocycles. The molecule has 198 valence electrons. The number of nitrogens with one attached hydrogen (secondary N) is 2. The van der Waals surface area contributed by atoms with Crippen molar-refractivity contribution in [3.63, 3.8) is 0 Å². The van der Waals surface area contributed by atoms with E-state index in [1.165, 1.54) is 18.2 Å². The highest BCUT2D eigenvalue weighted by atomic mass is 32.2. The molecule has 1 aliphatic heterocycles. The molecule has 15 heteroatoms. The molecular weight excluding hydrogens is 535 g/mol. The highest BCUT2D eigenvalue weighted by Crippen LogP contribution is 2.40. The van der Waals surface area contributed by atoms with Crippen LogP contribution < -0.4 is 14.8 Å². The van der Waals surface area contributed by atoms with Gasteiger partial charge >= 0.3 is 6.18 Å². The molecule has 3 aromatic rings. The van der Waals surface area contributed by atoms with E-state index in [1.54, 1.807) is 26.0 Å². The first kappa shape index (κ1) is 26.9. The van der Waals surface area contributed by atoms with Gasteiger partial charge in [0.25, 0.3) is 5.91 Å². The third kappa shape index (κ3) is 5.58. The number of aromatic nitrogens is 3. The summed E-state index contributed by atoms with van der Waals surface area (Å²) in [5.41, 5.74) is -0.367. The Morgan fingerprint density at radius 1 is 1.22 bits per heavy atom. The van der Waals surface area contributed by atoms with Crippen molar-refractivity contribution in [2.24, 2.45) is 0 Å². The van der Waals surface area contributed by atoms with Crippen molar-refractivity contribution >= 4 is 32.4 Å². The zero-order valence-corrected chi connectivity index (χ0v) is 21.3. The van der Waals surface area contributed by atoms with Crippen LogP contribution in [-0.4, -0.2) is 46.3 Å². The number of aliphatic hydroxyl groups excluding tert-OH is 1. The summed E-state index contributed by atoms with van der Waals surface area (Å²) in [5, 5.41) is 17.9. The number of anilines is 1. The number of ether oxygens (including phenoxy) is 1. The van der Waals surface area contributed by atoms with Crippen molar-refractivity contribution in [1.82, 2.24) is 19.9 Å². The first-order valence-corrected chi connectivity index (χ1v) is 13.2. The maximum absolute atomic E-state index is 13.1. The third-order valence-corrected chi connectivity index (χ3v) is 8.02. The van der Waals surface area contributed by atoms with E-state index in [2.05, 4.69) is 25.2 Å². The van der Waals surface area contributed by atoms with Gasteiger partial charge in [0.1, 0.15) is 11.7 Å². The van der Waals surface area contributed by atoms with Gasteiger partial charge in [0, 0.05) is 11.8 Å². The number of aliphatic hydroxyl groups is 1. The zero-order chi connectivity index (χ0) is 27.2. The fourth-order valence-corrected chi connectivity index (χ4v) is 5.43. The van der Waals surface area contributed by atoms with Gasteiger partial charge in [0.2, 0.25) is 26.0 Å². The van der Waals surface area contributed by atoms with Gasteiger partial charge in [-0.3, -0.25) is 10.1 Å². The van der Waals surface area contributed by atoms with Crippen LogP contribution in [0, 0.1) is 0 Å². The highest BCUT2D eigenvalue weighted by molar-refractivity contribution is 7.89. The summed E-state index contributed by atoms with van der Waals surface area (Å²) in [5.74, 6) is -0.882. The van der Waals surface area contributed by atoms with Crippen molar-refractivity contribution < 1.29 is 36.2 Å². The number of sulfonamides is 1. The second kappa shape index (κ2) is 9.63. The molecule has 0 aliphatic carbocycles. The standard InChI is InChI=1S/C22H22F3N5O5S2/c1-4-11-5-7-13(8-6-11)37(33,34)30-15-14-9-12(10-26-18(14)35-21(2,3)16(15)31)17(32)27-20-29-28-19(36-20)22(23,24)25/h5-10,15-16,30-31H,4H2,1-3H3,(H,27,29,32)/t15-,16+/m1/s1. The Bertz CT molecular complexity index is 1430. The van der Waals surface area contributed by atoms with Gasteiger partial charge in [-0.05, 0) is 44.0 Å². The number of halogens is 3. The van der Waals surface area contributed by atoms with E-state index >= 15 is 0 Å². The van der Waals surface area contributed by atoms with Gasteiger partial charge < -0.3 is 9.84 Å². The number of fused-ring (bicyclic) bond motifs is 1. The number of carbonyl (C=O) groups excluding carboxylic acids is 1. The maximum Gasteiger partial charge on any atom is 0.445 e. The molecule has 0 spiro atoms. The lowest BCUT2D eigenvalue weighted by Crippen LogP contribution is -2.53. The number of carbonyl (C=O) groups is 1. The second-order valence-corrected chi connectivity index (χ2v) is 11.4. The Balaban J connectivity index is 1.65. The first-order valence-electron chi connectivity index (χ1n) is 10.9. The molecule has 2 atom stereocenters. The minimum Gasteiger partial charge on any atom is -0.469 e. The topological polar surface area (TPSA) is 143 Å². The van der Waals surface area contributed by atoms with Gasteiger partial charge in [0.05, 0.1) is 16.5 Å². The van der Waals surface area contributed by atoms with E-state index in [0.717, 1.165) is 18.2 Å². The molecule has 10 nitrogen and oxygen atoms in total. The van der Waals surface area contributed by atoms with Crippen LogP contribution >= 0.6 is 11.3 Å². The van der Waals surface area contributed by atoms with Crippen LogP contribution in [0.5, 0.6) is 5.88 Å². The number of aryl methyl sites for hydroxylation is 1. The van der Waals surface area contributed by atoms with Crippen LogP contribution in [0.25, 0.3) is 0 Å².